The first kappa shape index (κ1) is 35.3. The minimum Gasteiger partial charge on any atom is -0.504 e. The molecule has 4 aromatic rings. The summed E-state index contributed by atoms with van der Waals surface area (Å²) < 4.78 is 62.6. The van der Waals surface area contributed by atoms with Crippen molar-refractivity contribution in [1.29, 1.82) is 0 Å². The number of methoxy groups -OCH3 is 3. The van der Waals surface area contributed by atoms with E-state index in [0.717, 1.165) is 55.5 Å². The number of benzene rings is 4. The van der Waals surface area contributed by atoms with E-state index in [0.29, 0.717) is 40.2 Å². The summed E-state index contributed by atoms with van der Waals surface area (Å²) in [5.74, 6) is 4.44. The molecular weight excluding hydrogens is 664 g/mol. The average Bonchev–Trinajstić information content (AvgIpc) is 3.08. The fourth-order valence-electron chi connectivity index (χ4n) is 7.11. The van der Waals surface area contributed by atoms with E-state index < -0.39 is 10.4 Å². The Hall–Kier alpha value is -4.53. The van der Waals surface area contributed by atoms with Gasteiger partial charge in [0.05, 0.1) is 21.3 Å². The van der Waals surface area contributed by atoms with Gasteiger partial charge >= 0.3 is 10.4 Å². The second-order valence-corrected chi connectivity index (χ2v) is 13.6. The van der Waals surface area contributed by atoms with Crippen molar-refractivity contribution in [3.05, 3.63) is 94.0 Å². The molecule has 0 radical (unpaired) electrons. The first-order valence-corrected chi connectivity index (χ1v) is 17.6. The van der Waals surface area contributed by atoms with Crippen LogP contribution >= 0.6 is 0 Å². The number of phenols is 1. The highest BCUT2D eigenvalue weighted by molar-refractivity contribution is 7.79. The van der Waals surface area contributed by atoms with Crippen LogP contribution in [0.1, 0.15) is 45.5 Å². The van der Waals surface area contributed by atoms with Gasteiger partial charge in [-0.05, 0) is 110 Å². The number of aromatic hydroxyl groups is 1. The molecule has 2 atom stereocenters. The van der Waals surface area contributed by atoms with Crippen LogP contribution in [0, 0.1) is 0 Å². The summed E-state index contributed by atoms with van der Waals surface area (Å²) in [6, 6.07) is 20.2. The molecule has 0 aromatic heterocycles. The zero-order valence-electron chi connectivity index (χ0n) is 28.7. The average molecular weight is 707 g/mol. The topological polar surface area (TPSA) is 147 Å². The molecule has 0 aliphatic carbocycles. The number of likely N-dealkylation sites (N-methyl/N-ethyl adjacent to an activating group) is 2. The van der Waals surface area contributed by atoms with Gasteiger partial charge in [0.2, 0.25) is 5.75 Å². The van der Waals surface area contributed by atoms with Gasteiger partial charge < -0.3 is 28.8 Å². The lowest BCUT2D eigenvalue weighted by Crippen LogP contribution is -2.34. The minimum absolute atomic E-state index is 0.0254. The zero-order valence-corrected chi connectivity index (χ0v) is 29.5. The molecule has 0 spiro atoms. The Morgan fingerprint density at radius 1 is 0.720 bits per heavy atom. The van der Waals surface area contributed by atoms with Gasteiger partial charge in [0.15, 0.2) is 34.5 Å². The normalized spacial score (nSPS) is 18.6. The predicted octanol–water partition coefficient (Wildman–Crippen LogP) is 6.21. The van der Waals surface area contributed by atoms with Crippen LogP contribution < -0.4 is 23.7 Å². The number of rotatable bonds is 3. The van der Waals surface area contributed by atoms with Crippen LogP contribution in [-0.2, 0) is 36.1 Å². The maximum atomic E-state index is 10.7. The minimum atomic E-state index is -4.67. The second-order valence-electron chi connectivity index (χ2n) is 12.7. The van der Waals surface area contributed by atoms with E-state index in [1.165, 1.54) is 16.7 Å². The summed E-state index contributed by atoms with van der Waals surface area (Å²) in [5, 5.41) is 10.7. The first-order valence-electron chi connectivity index (χ1n) is 16.2. The van der Waals surface area contributed by atoms with Gasteiger partial charge in [-0.15, -0.1) is 0 Å². The molecule has 4 heterocycles. The molecular formula is C37H42N2O10S. The van der Waals surface area contributed by atoms with Crippen LogP contribution in [-0.4, -0.2) is 80.9 Å². The van der Waals surface area contributed by atoms with E-state index >= 15 is 0 Å². The SMILES string of the molecule is COc1cc2c3cc1Oc1c(OC)c(OC)cc4c1[C@H](Cc1ccc(cc1)Oc1cc(ccc1O)C[C@H]3N(C)CC2)N(C)CC4.O=S(=O)(O)O. The molecule has 8 rings (SSSR count). The smallest absolute Gasteiger partial charge is 0.394 e. The summed E-state index contributed by atoms with van der Waals surface area (Å²) >= 11 is 0. The van der Waals surface area contributed by atoms with Gasteiger partial charge in [-0.25, -0.2) is 0 Å². The molecule has 0 unspecified atom stereocenters. The van der Waals surface area contributed by atoms with E-state index in [-0.39, 0.29) is 17.8 Å². The van der Waals surface area contributed by atoms with Gasteiger partial charge in [-0.2, -0.15) is 8.42 Å². The standard InChI is InChI=1S/C37H40N2O6.H2O4S/c1-38-14-12-24-19-32(41-3)33-21-27(24)28(38)17-23-8-11-30(40)31(18-23)44-26-9-6-22(7-10-26)16-29-35-25(13-15-39(29)2)20-34(42-4)36(43-5)37(35)45-33;1-5(2,3)4/h6-11,18-21,28-29,40H,12-17H2,1-5H3;(H2,1,2,3,4)/t28-,29+;/m1./s1. The number of ether oxygens (including phenoxy) is 5. The summed E-state index contributed by atoms with van der Waals surface area (Å²) in [4.78, 5) is 4.75. The van der Waals surface area contributed by atoms with Crippen LogP contribution in [0.15, 0.2) is 60.7 Å². The number of hydrogen-bond acceptors (Lipinski definition) is 10. The molecule has 4 aliphatic heterocycles. The molecule has 4 aromatic carbocycles. The van der Waals surface area contributed by atoms with Gasteiger partial charge in [0.1, 0.15) is 5.75 Å². The molecule has 3 N–H and O–H groups in total. The fraction of sp³-hybridized carbons (Fsp3) is 0.351. The lowest BCUT2D eigenvalue weighted by Gasteiger charge is -2.37. The predicted molar refractivity (Wildman–Crippen MR) is 187 cm³/mol. The van der Waals surface area contributed by atoms with Crippen LogP contribution in [0.25, 0.3) is 0 Å². The quantitative estimate of drug-likeness (QED) is 0.208. The van der Waals surface area contributed by atoms with E-state index in [1.807, 2.05) is 24.3 Å². The largest absolute Gasteiger partial charge is 0.504 e. The Labute approximate surface area is 292 Å². The highest BCUT2D eigenvalue weighted by atomic mass is 32.3. The Balaban J connectivity index is 0.000000808. The van der Waals surface area contributed by atoms with Gasteiger partial charge in [0.25, 0.3) is 0 Å². The van der Waals surface area contributed by atoms with Crippen LogP contribution in [0.4, 0.5) is 0 Å². The van der Waals surface area contributed by atoms with Crippen LogP contribution in [0.3, 0.4) is 0 Å². The van der Waals surface area contributed by atoms with E-state index in [1.54, 1.807) is 27.4 Å². The van der Waals surface area contributed by atoms with Gasteiger partial charge in [0, 0.05) is 30.7 Å². The Morgan fingerprint density at radius 3 is 1.98 bits per heavy atom. The highest BCUT2D eigenvalue weighted by Gasteiger charge is 2.34. The molecule has 266 valence electrons. The van der Waals surface area contributed by atoms with Gasteiger partial charge in [-0.1, -0.05) is 18.2 Å². The van der Waals surface area contributed by atoms with Crippen LogP contribution in [0.2, 0.25) is 0 Å². The molecule has 0 saturated carbocycles. The van der Waals surface area contributed by atoms with Crippen molar-refractivity contribution in [2.45, 2.75) is 37.8 Å². The van der Waals surface area contributed by atoms with Crippen LogP contribution in [0.5, 0.6) is 46.0 Å². The van der Waals surface area contributed by atoms with Crippen molar-refractivity contribution in [1.82, 2.24) is 9.80 Å². The summed E-state index contributed by atoms with van der Waals surface area (Å²) in [6.45, 7) is 1.82. The van der Waals surface area contributed by atoms with Crippen molar-refractivity contribution >= 4 is 10.4 Å². The zero-order chi connectivity index (χ0) is 35.7. The van der Waals surface area contributed by atoms with Crippen molar-refractivity contribution < 1.29 is 46.3 Å². The molecule has 4 aliphatic rings. The lowest BCUT2D eigenvalue weighted by molar-refractivity contribution is 0.220. The number of phenolic OH excluding ortho intramolecular Hbond substituents is 1. The van der Waals surface area contributed by atoms with E-state index in [4.69, 9.17) is 41.2 Å². The molecule has 0 fully saturated rings. The molecule has 0 amide bonds. The third-order valence-corrected chi connectivity index (χ3v) is 9.64. The third-order valence-electron chi connectivity index (χ3n) is 9.64. The summed E-state index contributed by atoms with van der Waals surface area (Å²) in [6.07, 6.45) is 3.25. The second kappa shape index (κ2) is 14.4. The molecule has 0 saturated heterocycles. The summed E-state index contributed by atoms with van der Waals surface area (Å²) in [7, 11) is 4.68. The number of hydrogen-bond donors (Lipinski definition) is 3. The molecule has 6 bridgehead atoms. The third kappa shape index (κ3) is 7.47. The van der Waals surface area contributed by atoms with Gasteiger partial charge in [-0.3, -0.25) is 18.9 Å². The molecule has 12 nitrogen and oxygen atoms in total. The Bertz CT molecular complexity index is 1980. The van der Waals surface area contributed by atoms with Crippen molar-refractivity contribution in [3.63, 3.8) is 0 Å². The monoisotopic (exact) mass is 706 g/mol. The van der Waals surface area contributed by atoms with Crippen molar-refractivity contribution in [3.8, 4) is 46.0 Å². The summed E-state index contributed by atoms with van der Waals surface area (Å²) in [5.41, 5.74) is 6.93. The Kier molecular flexibility index (Phi) is 10.1. The first-order chi connectivity index (χ1) is 23.9. The van der Waals surface area contributed by atoms with E-state index in [2.05, 4.69) is 54.2 Å². The van der Waals surface area contributed by atoms with Crippen molar-refractivity contribution in [2.75, 3.05) is 48.5 Å². The Morgan fingerprint density at radius 2 is 1.32 bits per heavy atom. The number of nitrogens with zero attached hydrogens (tertiary/aromatic N) is 2. The lowest BCUT2D eigenvalue weighted by atomic mass is 9.87. The van der Waals surface area contributed by atoms with Crippen molar-refractivity contribution in [2.24, 2.45) is 0 Å². The maximum Gasteiger partial charge on any atom is 0.394 e. The molecule has 13 heteroatoms. The molecule has 50 heavy (non-hydrogen) atoms. The maximum absolute atomic E-state index is 10.7. The number of fused-ring (bicyclic) bond motifs is 2. The van der Waals surface area contributed by atoms with E-state index in [9.17, 15) is 5.11 Å². The fourth-order valence-corrected chi connectivity index (χ4v) is 7.11. The highest BCUT2D eigenvalue weighted by Crippen LogP contribution is 2.51.